The Balaban J connectivity index is 1.69. The fraction of sp³-hybridized carbons (Fsp3) is 0.556. The van der Waals surface area contributed by atoms with Gasteiger partial charge in [-0.05, 0) is 36.5 Å². The summed E-state index contributed by atoms with van der Waals surface area (Å²) in [5.74, 6) is -0.143. The van der Waals surface area contributed by atoms with E-state index in [4.69, 9.17) is 4.74 Å². The monoisotopic (exact) mass is 334 g/mol. The van der Waals surface area contributed by atoms with Gasteiger partial charge in [0.2, 0.25) is 5.91 Å². The molecule has 1 aromatic carbocycles. The van der Waals surface area contributed by atoms with E-state index in [2.05, 4.69) is 5.32 Å². The Labute approximate surface area is 141 Å². The summed E-state index contributed by atoms with van der Waals surface area (Å²) in [5.41, 5.74) is 1.25. The fourth-order valence-corrected chi connectivity index (χ4v) is 3.52. The molecule has 1 aliphatic heterocycles. The van der Waals surface area contributed by atoms with Crippen molar-refractivity contribution in [2.24, 2.45) is 0 Å². The highest BCUT2D eigenvalue weighted by atomic mass is 19.1. The Morgan fingerprint density at radius 2 is 2.08 bits per heavy atom. The van der Waals surface area contributed by atoms with Crippen molar-refractivity contribution in [1.82, 2.24) is 5.32 Å². The number of nitrogens with one attached hydrogen (secondary N) is 1. The lowest BCUT2D eigenvalue weighted by atomic mass is 9.84. The number of nitrogens with zero attached hydrogens (tertiary/aromatic N) is 1. The maximum absolute atomic E-state index is 14.5. The van der Waals surface area contributed by atoms with E-state index in [9.17, 15) is 14.0 Å². The van der Waals surface area contributed by atoms with Crippen LogP contribution in [-0.4, -0.2) is 31.2 Å². The van der Waals surface area contributed by atoms with Gasteiger partial charge in [-0.3, -0.25) is 9.69 Å². The van der Waals surface area contributed by atoms with Crippen molar-refractivity contribution in [3.05, 3.63) is 29.6 Å². The second kappa shape index (κ2) is 7.20. The van der Waals surface area contributed by atoms with E-state index in [0.717, 1.165) is 31.2 Å². The molecule has 1 saturated carbocycles. The molecule has 1 N–H and O–H groups in total. The van der Waals surface area contributed by atoms with Gasteiger partial charge in [0.15, 0.2) is 0 Å². The lowest BCUT2D eigenvalue weighted by Gasteiger charge is -2.23. The molecule has 1 saturated heterocycles. The van der Waals surface area contributed by atoms with Crippen LogP contribution in [0.2, 0.25) is 0 Å². The molecule has 130 valence electrons. The molecule has 0 radical (unpaired) electrons. The van der Waals surface area contributed by atoms with Gasteiger partial charge in [-0.15, -0.1) is 0 Å². The van der Waals surface area contributed by atoms with E-state index < -0.39 is 12.2 Å². The molecule has 24 heavy (non-hydrogen) atoms. The van der Waals surface area contributed by atoms with Crippen molar-refractivity contribution in [2.75, 3.05) is 18.0 Å². The quantitative estimate of drug-likeness (QED) is 0.919. The van der Waals surface area contributed by atoms with Crippen LogP contribution >= 0.6 is 0 Å². The molecular weight excluding hydrogens is 311 g/mol. The zero-order valence-corrected chi connectivity index (χ0v) is 13.9. The number of hydrogen-bond donors (Lipinski definition) is 1. The zero-order valence-electron chi connectivity index (χ0n) is 13.9. The molecule has 3 rings (SSSR count). The van der Waals surface area contributed by atoms with Crippen LogP contribution in [0.1, 0.15) is 50.5 Å². The first-order valence-electron chi connectivity index (χ1n) is 8.56. The Bertz CT molecular complexity index is 629. The second-order valence-corrected chi connectivity index (χ2v) is 6.59. The van der Waals surface area contributed by atoms with Crippen molar-refractivity contribution in [2.45, 2.75) is 51.0 Å². The van der Waals surface area contributed by atoms with Crippen molar-refractivity contribution >= 4 is 17.7 Å². The van der Waals surface area contributed by atoms with Crippen molar-refractivity contribution < 1.29 is 18.7 Å². The maximum Gasteiger partial charge on any atom is 0.414 e. The van der Waals surface area contributed by atoms with Gasteiger partial charge in [0.1, 0.15) is 11.9 Å². The minimum atomic E-state index is -0.504. The van der Waals surface area contributed by atoms with Gasteiger partial charge < -0.3 is 10.1 Å². The molecule has 5 nitrogen and oxygen atoms in total. The third kappa shape index (κ3) is 3.68. The molecule has 0 bridgehead atoms. The molecule has 2 aliphatic rings. The van der Waals surface area contributed by atoms with Crippen LogP contribution in [0.4, 0.5) is 14.9 Å². The number of ether oxygens (including phenoxy) is 1. The van der Waals surface area contributed by atoms with E-state index in [0.29, 0.717) is 12.2 Å². The average molecular weight is 334 g/mol. The maximum atomic E-state index is 14.5. The van der Waals surface area contributed by atoms with E-state index in [1.807, 2.05) is 0 Å². The smallest absolute Gasteiger partial charge is 0.414 e. The summed E-state index contributed by atoms with van der Waals surface area (Å²) in [5, 5.41) is 2.63. The molecule has 2 amide bonds. The zero-order chi connectivity index (χ0) is 17.1. The molecule has 0 aromatic heterocycles. The standard InChI is InChI=1S/C18H23FN2O3/c1-12(22)20-10-15-11-21(18(23)24-15)14-7-8-16(17(19)9-14)13-5-3-2-4-6-13/h7-9,13,15H,2-6,10-11H2,1H3,(H,20,22). The van der Waals surface area contributed by atoms with E-state index in [1.165, 1.54) is 24.3 Å². The lowest BCUT2D eigenvalue weighted by Crippen LogP contribution is -2.33. The minimum absolute atomic E-state index is 0.174. The van der Waals surface area contributed by atoms with Gasteiger partial charge in [-0.2, -0.15) is 0 Å². The first-order chi connectivity index (χ1) is 11.5. The van der Waals surface area contributed by atoms with Crippen LogP contribution in [0.15, 0.2) is 18.2 Å². The molecule has 1 heterocycles. The van der Waals surface area contributed by atoms with Gasteiger partial charge in [0.05, 0.1) is 18.8 Å². The number of cyclic esters (lactones) is 1. The van der Waals surface area contributed by atoms with Crippen LogP contribution in [-0.2, 0) is 9.53 Å². The minimum Gasteiger partial charge on any atom is -0.442 e. The number of amides is 2. The predicted molar refractivity (Wildman–Crippen MR) is 88.5 cm³/mol. The largest absolute Gasteiger partial charge is 0.442 e. The van der Waals surface area contributed by atoms with Crippen molar-refractivity contribution in [1.29, 1.82) is 0 Å². The Hall–Kier alpha value is -2.11. The third-order valence-electron chi connectivity index (χ3n) is 4.79. The molecular formula is C18H23FN2O3. The number of carbonyl (C=O) groups excluding carboxylic acids is 2. The summed E-state index contributed by atoms with van der Waals surface area (Å²) in [6.07, 6.45) is 4.66. The topological polar surface area (TPSA) is 58.6 Å². The molecule has 6 heteroatoms. The van der Waals surface area contributed by atoms with Gasteiger partial charge in [-0.1, -0.05) is 25.3 Å². The van der Waals surface area contributed by atoms with Gasteiger partial charge >= 0.3 is 6.09 Å². The summed E-state index contributed by atoms with van der Waals surface area (Å²) >= 11 is 0. The van der Waals surface area contributed by atoms with Crippen LogP contribution in [0, 0.1) is 5.82 Å². The summed E-state index contributed by atoms with van der Waals surface area (Å²) in [6, 6.07) is 5.01. The number of benzene rings is 1. The Morgan fingerprint density at radius 1 is 1.33 bits per heavy atom. The van der Waals surface area contributed by atoms with Crippen LogP contribution in [0.5, 0.6) is 0 Å². The fourth-order valence-electron chi connectivity index (χ4n) is 3.52. The third-order valence-corrected chi connectivity index (χ3v) is 4.79. The molecule has 1 aromatic rings. The molecule has 1 unspecified atom stereocenters. The normalized spacial score (nSPS) is 21.7. The number of carbonyl (C=O) groups is 2. The number of hydrogen-bond acceptors (Lipinski definition) is 3. The summed E-state index contributed by atoms with van der Waals surface area (Å²) in [7, 11) is 0. The second-order valence-electron chi connectivity index (χ2n) is 6.59. The summed E-state index contributed by atoms with van der Waals surface area (Å²) in [4.78, 5) is 24.4. The van der Waals surface area contributed by atoms with E-state index >= 15 is 0 Å². The van der Waals surface area contributed by atoms with Crippen LogP contribution in [0.25, 0.3) is 0 Å². The number of anilines is 1. The lowest BCUT2D eigenvalue weighted by molar-refractivity contribution is -0.119. The van der Waals surface area contributed by atoms with Crippen molar-refractivity contribution in [3.8, 4) is 0 Å². The molecule has 2 fully saturated rings. The number of halogens is 1. The summed E-state index contributed by atoms with van der Waals surface area (Å²) < 4.78 is 19.7. The number of rotatable bonds is 4. The highest BCUT2D eigenvalue weighted by Gasteiger charge is 2.33. The van der Waals surface area contributed by atoms with Gasteiger partial charge in [0.25, 0.3) is 0 Å². The highest BCUT2D eigenvalue weighted by molar-refractivity contribution is 5.89. The predicted octanol–water partition coefficient (Wildman–Crippen LogP) is 3.33. The van der Waals surface area contributed by atoms with Crippen LogP contribution in [0.3, 0.4) is 0 Å². The molecule has 1 aliphatic carbocycles. The average Bonchev–Trinajstić information content (AvgIpc) is 2.94. The van der Waals surface area contributed by atoms with E-state index in [-0.39, 0.29) is 24.2 Å². The Kier molecular flexibility index (Phi) is 5.02. The van der Waals surface area contributed by atoms with Gasteiger partial charge in [-0.25, -0.2) is 9.18 Å². The Morgan fingerprint density at radius 3 is 2.75 bits per heavy atom. The van der Waals surface area contributed by atoms with E-state index in [1.54, 1.807) is 12.1 Å². The van der Waals surface area contributed by atoms with Crippen LogP contribution < -0.4 is 10.2 Å². The first kappa shape index (κ1) is 16.7. The molecule has 1 atom stereocenters. The molecule has 0 spiro atoms. The summed E-state index contributed by atoms with van der Waals surface area (Å²) in [6.45, 7) is 1.98. The SMILES string of the molecule is CC(=O)NCC1CN(c2ccc(C3CCCCC3)c(F)c2)C(=O)O1. The van der Waals surface area contributed by atoms with Crippen molar-refractivity contribution in [3.63, 3.8) is 0 Å². The first-order valence-corrected chi connectivity index (χ1v) is 8.56. The van der Waals surface area contributed by atoms with Gasteiger partial charge in [0, 0.05) is 6.92 Å². The highest BCUT2D eigenvalue weighted by Crippen LogP contribution is 2.35.